The van der Waals surface area contributed by atoms with Crippen molar-refractivity contribution >= 4 is 40.7 Å². The Hall–Kier alpha value is -1.26. The maximum atomic E-state index is 12.5. The van der Waals surface area contributed by atoms with Gasteiger partial charge in [-0.05, 0) is 37.5 Å². The molecule has 1 saturated carbocycles. The van der Waals surface area contributed by atoms with Gasteiger partial charge in [-0.25, -0.2) is 0 Å². The van der Waals surface area contributed by atoms with Crippen molar-refractivity contribution in [2.45, 2.75) is 32.6 Å². The normalized spacial score (nSPS) is 15.3. The molecule has 0 radical (unpaired) electrons. The van der Waals surface area contributed by atoms with Crippen LogP contribution in [0.15, 0.2) is 18.2 Å². The molecule has 6 heteroatoms. The highest BCUT2D eigenvalue weighted by Crippen LogP contribution is 2.48. The highest BCUT2D eigenvalue weighted by atomic mass is 35.5. The summed E-state index contributed by atoms with van der Waals surface area (Å²) < 4.78 is 0. The van der Waals surface area contributed by atoms with Crippen LogP contribution in [0, 0.1) is 5.41 Å². The van der Waals surface area contributed by atoms with Crippen LogP contribution in [-0.2, 0) is 9.59 Å². The Labute approximate surface area is 140 Å². The van der Waals surface area contributed by atoms with E-state index in [-0.39, 0.29) is 11.8 Å². The van der Waals surface area contributed by atoms with E-state index in [1.54, 1.807) is 30.1 Å². The van der Waals surface area contributed by atoms with E-state index < -0.39 is 5.41 Å². The molecule has 0 aliphatic heterocycles. The van der Waals surface area contributed by atoms with Crippen molar-refractivity contribution in [2.75, 3.05) is 18.9 Å². The summed E-state index contributed by atoms with van der Waals surface area (Å²) in [5, 5.41) is 3.57. The van der Waals surface area contributed by atoms with Gasteiger partial charge in [0.25, 0.3) is 0 Å². The summed E-state index contributed by atoms with van der Waals surface area (Å²) in [6.45, 7) is 2.75. The zero-order chi connectivity index (χ0) is 16.3. The highest BCUT2D eigenvalue weighted by molar-refractivity contribution is 6.42. The van der Waals surface area contributed by atoms with Gasteiger partial charge in [0.2, 0.25) is 11.8 Å². The predicted octanol–water partition coefficient (Wildman–Crippen LogP) is 3.97. The average molecular weight is 343 g/mol. The van der Waals surface area contributed by atoms with E-state index in [4.69, 9.17) is 23.2 Å². The number of benzene rings is 1. The summed E-state index contributed by atoms with van der Waals surface area (Å²) in [6, 6.07) is 4.88. The monoisotopic (exact) mass is 342 g/mol. The summed E-state index contributed by atoms with van der Waals surface area (Å²) in [5.74, 6) is -0.363. The molecule has 0 atom stereocenters. The Morgan fingerprint density at radius 3 is 2.50 bits per heavy atom. The standard InChI is InChI=1S/C16H20Cl2N2O2/c1-3-4-9-20(2)15(22)16(7-8-16)14(21)19-11-5-6-12(17)13(18)10-11/h5-6,10H,3-4,7-9H2,1-2H3,(H,19,21). The maximum absolute atomic E-state index is 12.5. The molecule has 1 aliphatic rings. The maximum Gasteiger partial charge on any atom is 0.240 e. The molecule has 1 N–H and O–H groups in total. The molecule has 0 bridgehead atoms. The Bertz CT molecular complexity index is 586. The van der Waals surface area contributed by atoms with Gasteiger partial charge in [-0.15, -0.1) is 0 Å². The fourth-order valence-electron chi connectivity index (χ4n) is 2.35. The van der Waals surface area contributed by atoms with Gasteiger partial charge in [-0.2, -0.15) is 0 Å². The number of carbonyl (C=O) groups excluding carboxylic acids is 2. The first kappa shape index (κ1) is 17.1. The van der Waals surface area contributed by atoms with Gasteiger partial charge < -0.3 is 10.2 Å². The fourth-order valence-corrected chi connectivity index (χ4v) is 2.65. The Morgan fingerprint density at radius 1 is 1.27 bits per heavy atom. The molecule has 1 aromatic rings. The van der Waals surface area contributed by atoms with Crippen LogP contribution in [0.5, 0.6) is 0 Å². The number of nitrogens with zero attached hydrogens (tertiary/aromatic N) is 1. The number of unbranched alkanes of at least 4 members (excludes halogenated alkanes) is 1. The smallest absolute Gasteiger partial charge is 0.240 e. The van der Waals surface area contributed by atoms with Crippen molar-refractivity contribution in [3.8, 4) is 0 Å². The number of amides is 2. The summed E-state index contributed by atoms with van der Waals surface area (Å²) in [5.41, 5.74) is -0.357. The van der Waals surface area contributed by atoms with E-state index in [9.17, 15) is 9.59 Å². The van der Waals surface area contributed by atoms with Gasteiger partial charge in [-0.1, -0.05) is 36.5 Å². The number of halogens is 2. The van der Waals surface area contributed by atoms with Crippen molar-refractivity contribution in [2.24, 2.45) is 5.41 Å². The summed E-state index contributed by atoms with van der Waals surface area (Å²) in [6.07, 6.45) is 3.14. The Kier molecular flexibility index (Phi) is 5.35. The Morgan fingerprint density at radius 2 is 1.95 bits per heavy atom. The molecule has 0 aromatic heterocycles. The minimum Gasteiger partial charge on any atom is -0.345 e. The summed E-state index contributed by atoms with van der Waals surface area (Å²) >= 11 is 11.8. The van der Waals surface area contributed by atoms with Crippen molar-refractivity contribution in [1.29, 1.82) is 0 Å². The van der Waals surface area contributed by atoms with Crippen LogP contribution in [0.4, 0.5) is 5.69 Å². The van der Waals surface area contributed by atoms with E-state index in [0.29, 0.717) is 35.1 Å². The third kappa shape index (κ3) is 3.55. The van der Waals surface area contributed by atoms with Crippen LogP contribution in [0.2, 0.25) is 10.0 Å². The van der Waals surface area contributed by atoms with Gasteiger partial charge in [-0.3, -0.25) is 9.59 Å². The molecule has 22 heavy (non-hydrogen) atoms. The highest BCUT2D eigenvalue weighted by Gasteiger charge is 2.57. The second-order valence-electron chi connectivity index (χ2n) is 5.75. The van der Waals surface area contributed by atoms with Crippen LogP contribution in [0.25, 0.3) is 0 Å². The predicted molar refractivity (Wildman–Crippen MR) is 89.3 cm³/mol. The molecule has 1 aliphatic carbocycles. The van der Waals surface area contributed by atoms with Gasteiger partial charge in [0.1, 0.15) is 5.41 Å². The minimum atomic E-state index is -0.908. The minimum absolute atomic E-state index is 0.0986. The third-order valence-corrected chi connectivity index (χ3v) is 4.70. The lowest BCUT2D eigenvalue weighted by molar-refractivity contribution is -0.141. The number of carbonyl (C=O) groups is 2. The van der Waals surface area contributed by atoms with Crippen LogP contribution in [0.1, 0.15) is 32.6 Å². The van der Waals surface area contributed by atoms with Gasteiger partial charge in [0.05, 0.1) is 10.0 Å². The second-order valence-corrected chi connectivity index (χ2v) is 6.56. The van der Waals surface area contributed by atoms with E-state index in [2.05, 4.69) is 12.2 Å². The largest absolute Gasteiger partial charge is 0.345 e. The first-order valence-corrected chi connectivity index (χ1v) is 8.18. The molecule has 120 valence electrons. The lowest BCUT2D eigenvalue weighted by atomic mass is 10.0. The van der Waals surface area contributed by atoms with E-state index in [0.717, 1.165) is 12.8 Å². The zero-order valence-electron chi connectivity index (χ0n) is 12.8. The number of anilines is 1. The molecule has 1 aromatic carbocycles. The topological polar surface area (TPSA) is 49.4 Å². The summed E-state index contributed by atoms with van der Waals surface area (Å²) in [7, 11) is 1.75. The number of hydrogen-bond acceptors (Lipinski definition) is 2. The number of rotatable bonds is 6. The number of hydrogen-bond donors (Lipinski definition) is 1. The summed E-state index contributed by atoms with van der Waals surface area (Å²) in [4.78, 5) is 26.6. The lowest BCUT2D eigenvalue weighted by Crippen LogP contribution is -2.41. The van der Waals surface area contributed by atoms with Gasteiger partial charge in [0, 0.05) is 19.3 Å². The Balaban J connectivity index is 2.04. The van der Waals surface area contributed by atoms with E-state index in [1.165, 1.54) is 0 Å². The molecule has 0 spiro atoms. The van der Waals surface area contributed by atoms with Crippen molar-refractivity contribution < 1.29 is 9.59 Å². The molecular formula is C16H20Cl2N2O2. The van der Waals surface area contributed by atoms with Crippen LogP contribution < -0.4 is 5.32 Å². The molecule has 4 nitrogen and oxygen atoms in total. The molecular weight excluding hydrogens is 323 g/mol. The van der Waals surface area contributed by atoms with Crippen molar-refractivity contribution in [3.63, 3.8) is 0 Å². The first-order chi connectivity index (χ1) is 10.4. The quantitative estimate of drug-likeness (QED) is 0.795. The molecule has 1 fully saturated rings. The van der Waals surface area contributed by atoms with Gasteiger partial charge in [0.15, 0.2) is 0 Å². The lowest BCUT2D eigenvalue weighted by Gasteiger charge is -2.23. The SMILES string of the molecule is CCCCN(C)C(=O)C1(C(=O)Nc2ccc(Cl)c(Cl)c2)CC1. The third-order valence-electron chi connectivity index (χ3n) is 3.97. The average Bonchev–Trinajstić information content (AvgIpc) is 3.29. The molecule has 0 heterocycles. The zero-order valence-corrected chi connectivity index (χ0v) is 14.3. The second kappa shape index (κ2) is 6.88. The number of nitrogens with one attached hydrogen (secondary N) is 1. The van der Waals surface area contributed by atoms with Crippen LogP contribution in [0.3, 0.4) is 0 Å². The van der Waals surface area contributed by atoms with Crippen LogP contribution in [-0.4, -0.2) is 30.3 Å². The van der Waals surface area contributed by atoms with E-state index in [1.807, 2.05) is 0 Å². The van der Waals surface area contributed by atoms with Crippen molar-refractivity contribution in [3.05, 3.63) is 28.2 Å². The van der Waals surface area contributed by atoms with Crippen LogP contribution >= 0.6 is 23.2 Å². The van der Waals surface area contributed by atoms with Crippen molar-refractivity contribution in [1.82, 2.24) is 4.90 Å². The first-order valence-electron chi connectivity index (χ1n) is 7.43. The molecule has 0 unspecified atom stereocenters. The molecule has 0 saturated heterocycles. The molecule has 2 amide bonds. The van der Waals surface area contributed by atoms with Gasteiger partial charge >= 0.3 is 0 Å². The molecule has 2 rings (SSSR count). The van der Waals surface area contributed by atoms with E-state index >= 15 is 0 Å². The fraction of sp³-hybridized carbons (Fsp3) is 0.500.